The zero-order chi connectivity index (χ0) is 22.9. The molecular formula is C26H28N2O5. The van der Waals surface area contributed by atoms with E-state index in [1.54, 1.807) is 0 Å². The van der Waals surface area contributed by atoms with E-state index >= 15 is 0 Å². The van der Waals surface area contributed by atoms with Crippen molar-refractivity contribution in [3.8, 4) is 11.1 Å². The minimum Gasteiger partial charge on any atom is -0.480 e. The number of alkyl carbamates (subject to hydrolysis) is 1. The van der Waals surface area contributed by atoms with E-state index in [9.17, 15) is 19.5 Å². The van der Waals surface area contributed by atoms with Gasteiger partial charge in [-0.05, 0) is 53.4 Å². The van der Waals surface area contributed by atoms with Gasteiger partial charge < -0.3 is 20.5 Å². The average molecular weight is 449 g/mol. The summed E-state index contributed by atoms with van der Waals surface area (Å²) >= 11 is 0. The van der Waals surface area contributed by atoms with Crippen LogP contribution in [0.15, 0.2) is 48.5 Å². The first-order chi connectivity index (χ1) is 16.0. The van der Waals surface area contributed by atoms with Gasteiger partial charge in [-0.1, -0.05) is 55.0 Å². The fourth-order valence-corrected chi connectivity index (χ4v) is 5.07. The van der Waals surface area contributed by atoms with Crippen molar-refractivity contribution in [1.82, 2.24) is 10.6 Å². The van der Waals surface area contributed by atoms with Crippen molar-refractivity contribution in [3.05, 3.63) is 59.7 Å². The van der Waals surface area contributed by atoms with Crippen LogP contribution in [-0.2, 0) is 14.3 Å². The first-order valence-corrected chi connectivity index (χ1v) is 11.6. The maximum absolute atomic E-state index is 12.4. The molecule has 7 heteroatoms. The maximum Gasteiger partial charge on any atom is 0.407 e. The second-order valence-corrected chi connectivity index (χ2v) is 9.32. The number of rotatable bonds is 8. The first kappa shape index (κ1) is 21.5. The molecule has 3 atom stereocenters. The third-order valence-corrected chi connectivity index (χ3v) is 7.30. The summed E-state index contributed by atoms with van der Waals surface area (Å²) in [6.45, 7) is 0.589. The molecule has 172 valence electrons. The summed E-state index contributed by atoms with van der Waals surface area (Å²) in [6.07, 6.45) is 2.84. The number of amides is 2. The summed E-state index contributed by atoms with van der Waals surface area (Å²) in [7, 11) is 0. The zero-order valence-corrected chi connectivity index (χ0v) is 18.3. The van der Waals surface area contributed by atoms with Crippen molar-refractivity contribution in [2.24, 2.45) is 17.8 Å². The van der Waals surface area contributed by atoms with Crippen LogP contribution in [0.5, 0.6) is 0 Å². The van der Waals surface area contributed by atoms with Gasteiger partial charge in [-0.25, -0.2) is 9.59 Å². The molecular weight excluding hydrogens is 420 g/mol. The number of benzene rings is 2. The smallest absolute Gasteiger partial charge is 0.407 e. The Bertz CT molecular complexity index is 1030. The normalized spacial score (nSPS) is 21.8. The highest BCUT2D eigenvalue weighted by Gasteiger charge is 2.45. The van der Waals surface area contributed by atoms with Gasteiger partial charge in [0.15, 0.2) is 0 Å². The third-order valence-electron chi connectivity index (χ3n) is 7.30. The van der Waals surface area contributed by atoms with Crippen molar-refractivity contribution in [3.63, 3.8) is 0 Å². The van der Waals surface area contributed by atoms with Crippen molar-refractivity contribution in [2.45, 2.75) is 37.6 Å². The molecule has 2 saturated carbocycles. The Morgan fingerprint density at radius 1 is 1.00 bits per heavy atom. The highest BCUT2D eigenvalue weighted by atomic mass is 16.5. The lowest BCUT2D eigenvalue weighted by molar-refractivity contribution is -0.144. The lowest BCUT2D eigenvalue weighted by Crippen LogP contribution is -2.48. The Labute approximate surface area is 192 Å². The van der Waals surface area contributed by atoms with Crippen LogP contribution in [0.25, 0.3) is 11.1 Å². The topological polar surface area (TPSA) is 105 Å². The number of carboxylic acids is 1. The SMILES string of the molecule is O=C(NC[C@@H]1C[C@@H]1C(=O)NC(C(=O)O)C1CCC1)OCC1c2ccccc2-c2ccccc21. The number of carbonyl (C=O) groups excluding carboxylic acids is 2. The molecule has 0 heterocycles. The van der Waals surface area contributed by atoms with Gasteiger partial charge in [0.05, 0.1) is 0 Å². The Morgan fingerprint density at radius 3 is 2.21 bits per heavy atom. The average Bonchev–Trinajstić information content (AvgIpc) is 3.50. The summed E-state index contributed by atoms with van der Waals surface area (Å²) < 4.78 is 5.53. The van der Waals surface area contributed by atoms with Gasteiger partial charge in [0, 0.05) is 18.4 Å². The van der Waals surface area contributed by atoms with Gasteiger partial charge in [-0.15, -0.1) is 0 Å². The van der Waals surface area contributed by atoms with Crippen LogP contribution in [0.1, 0.15) is 42.7 Å². The molecule has 1 unspecified atom stereocenters. The Hall–Kier alpha value is -3.35. The molecule has 0 bridgehead atoms. The number of ether oxygens (including phenoxy) is 1. The summed E-state index contributed by atoms with van der Waals surface area (Å²) in [5.74, 6) is -1.40. The van der Waals surface area contributed by atoms with E-state index in [0.29, 0.717) is 13.0 Å². The van der Waals surface area contributed by atoms with Crippen LogP contribution in [0.4, 0.5) is 4.79 Å². The molecule has 0 aromatic heterocycles. The van der Waals surface area contributed by atoms with Crippen LogP contribution in [0.3, 0.4) is 0 Å². The van der Waals surface area contributed by atoms with E-state index in [1.165, 1.54) is 11.1 Å². The molecule has 7 nitrogen and oxygen atoms in total. The molecule has 0 radical (unpaired) electrons. The van der Waals surface area contributed by atoms with Crippen LogP contribution < -0.4 is 10.6 Å². The molecule has 0 saturated heterocycles. The molecule has 5 rings (SSSR count). The minimum atomic E-state index is -0.970. The van der Waals surface area contributed by atoms with Crippen LogP contribution >= 0.6 is 0 Å². The maximum atomic E-state index is 12.4. The number of carbonyl (C=O) groups is 3. The molecule has 2 amide bonds. The van der Waals surface area contributed by atoms with Crippen LogP contribution in [0, 0.1) is 17.8 Å². The monoisotopic (exact) mass is 448 g/mol. The summed E-state index contributed by atoms with van der Waals surface area (Å²) in [5.41, 5.74) is 4.67. The Kier molecular flexibility index (Phi) is 5.79. The van der Waals surface area contributed by atoms with Crippen LogP contribution in [0.2, 0.25) is 0 Å². The van der Waals surface area contributed by atoms with Gasteiger partial charge in [-0.2, -0.15) is 0 Å². The molecule has 2 aromatic carbocycles. The van der Waals surface area contributed by atoms with Crippen LogP contribution in [-0.4, -0.2) is 42.3 Å². The van der Waals surface area contributed by atoms with Crippen molar-refractivity contribution in [1.29, 1.82) is 0 Å². The molecule has 0 aliphatic heterocycles. The van der Waals surface area contributed by atoms with E-state index in [1.807, 2.05) is 24.3 Å². The summed E-state index contributed by atoms with van der Waals surface area (Å²) in [6, 6.07) is 15.5. The number of aliphatic carboxylic acids is 1. The molecule has 3 aliphatic rings. The second kappa shape index (κ2) is 8.89. The van der Waals surface area contributed by atoms with Crippen molar-refractivity contribution >= 4 is 18.0 Å². The number of carboxylic acid groups (broad SMARTS) is 1. The van der Waals surface area contributed by atoms with Gasteiger partial charge in [0.25, 0.3) is 0 Å². The third kappa shape index (κ3) is 4.32. The molecule has 2 aromatic rings. The van der Waals surface area contributed by atoms with E-state index in [0.717, 1.165) is 30.4 Å². The van der Waals surface area contributed by atoms with Gasteiger partial charge in [-0.3, -0.25) is 4.79 Å². The fraction of sp³-hybridized carbons (Fsp3) is 0.423. The Balaban J connectivity index is 1.09. The molecule has 3 aliphatic carbocycles. The highest BCUT2D eigenvalue weighted by molar-refractivity contribution is 5.87. The largest absolute Gasteiger partial charge is 0.480 e. The number of hydrogen-bond donors (Lipinski definition) is 3. The minimum absolute atomic E-state index is 0.00191. The fourth-order valence-electron chi connectivity index (χ4n) is 5.07. The van der Waals surface area contributed by atoms with E-state index in [4.69, 9.17) is 4.74 Å². The molecule has 2 fully saturated rings. The lowest BCUT2D eigenvalue weighted by atomic mass is 9.79. The second-order valence-electron chi connectivity index (χ2n) is 9.32. The number of hydrogen-bond acceptors (Lipinski definition) is 4. The highest BCUT2D eigenvalue weighted by Crippen LogP contribution is 2.44. The van der Waals surface area contributed by atoms with Gasteiger partial charge in [0.2, 0.25) is 5.91 Å². The van der Waals surface area contributed by atoms with E-state index < -0.39 is 18.1 Å². The number of fused-ring (bicyclic) bond motifs is 3. The quantitative estimate of drug-likeness (QED) is 0.573. The van der Waals surface area contributed by atoms with Crippen molar-refractivity contribution < 1.29 is 24.2 Å². The zero-order valence-electron chi connectivity index (χ0n) is 18.3. The molecule has 0 spiro atoms. The molecule has 33 heavy (non-hydrogen) atoms. The summed E-state index contributed by atoms with van der Waals surface area (Å²) in [4.78, 5) is 36.2. The molecule has 3 N–H and O–H groups in total. The first-order valence-electron chi connectivity index (χ1n) is 11.6. The standard InChI is InChI=1S/C26H28N2O5/c29-24(28-23(25(30)31)15-6-5-7-15)21-12-16(21)13-27-26(32)33-14-22-19-10-3-1-8-17(19)18-9-2-4-11-20(18)22/h1-4,8-11,15-16,21-23H,5-7,12-14H2,(H,27,32)(H,28,29)(H,30,31)/t16-,21-,23?/m0/s1. The van der Waals surface area contributed by atoms with E-state index in [2.05, 4.69) is 34.9 Å². The number of nitrogens with one attached hydrogen (secondary N) is 2. The van der Waals surface area contributed by atoms with Crippen molar-refractivity contribution in [2.75, 3.05) is 13.2 Å². The Morgan fingerprint density at radius 2 is 1.64 bits per heavy atom. The summed E-state index contributed by atoms with van der Waals surface area (Å²) in [5, 5.41) is 14.8. The van der Waals surface area contributed by atoms with Gasteiger partial charge >= 0.3 is 12.1 Å². The lowest BCUT2D eigenvalue weighted by Gasteiger charge is -2.31. The van der Waals surface area contributed by atoms with Gasteiger partial charge in [0.1, 0.15) is 12.6 Å². The van der Waals surface area contributed by atoms with E-state index in [-0.39, 0.29) is 36.2 Å². The predicted octanol–water partition coefficient (Wildman–Crippen LogP) is 3.53. The predicted molar refractivity (Wildman–Crippen MR) is 122 cm³/mol.